The van der Waals surface area contributed by atoms with Crippen molar-refractivity contribution in [2.45, 2.75) is 25.3 Å². The zero-order chi connectivity index (χ0) is 9.14. The average molecular weight is 169 g/mol. The van der Waals surface area contributed by atoms with E-state index in [0.717, 1.165) is 24.7 Å². The highest BCUT2D eigenvalue weighted by Crippen LogP contribution is 2.21. The Morgan fingerprint density at radius 2 is 2.17 bits per heavy atom. The highest BCUT2D eigenvalue weighted by Gasteiger charge is 2.21. The molecule has 0 bridgehead atoms. The van der Waals surface area contributed by atoms with E-state index in [1.165, 1.54) is 0 Å². The summed E-state index contributed by atoms with van der Waals surface area (Å²) in [6, 6.07) is 0.562. The third-order valence-corrected chi connectivity index (χ3v) is 2.48. The topological polar surface area (TPSA) is 43.7 Å². The van der Waals surface area contributed by atoms with Crippen LogP contribution in [0.1, 0.15) is 19.3 Å². The van der Waals surface area contributed by atoms with Gasteiger partial charge in [-0.2, -0.15) is 0 Å². The van der Waals surface area contributed by atoms with Gasteiger partial charge in [0, 0.05) is 6.04 Å². The largest absolute Gasteiger partial charge is 0.483 e. The van der Waals surface area contributed by atoms with Crippen LogP contribution in [0, 0.1) is 0 Å². The van der Waals surface area contributed by atoms with Crippen LogP contribution in [0.25, 0.3) is 0 Å². The number of hydrogen-bond donors (Lipinski definition) is 2. The van der Waals surface area contributed by atoms with Crippen LogP contribution in [-0.4, -0.2) is 42.2 Å². The maximum absolute atomic E-state index is 8.88. The molecule has 0 saturated carbocycles. The Morgan fingerprint density at radius 1 is 1.50 bits per heavy atom. The molecule has 12 heavy (non-hydrogen) atoms. The van der Waals surface area contributed by atoms with Gasteiger partial charge in [-0.1, -0.05) is 6.08 Å². The van der Waals surface area contributed by atoms with E-state index >= 15 is 0 Å². The molecule has 1 aliphatic rings. The second-order valence-corrected chi connectivity index (χ2v) is 3.54. The second-order valence-electron chi connectivity index (χ2n) is 3.54. The van der Waals surface area contributed by atoms with Crippen LogP contribution in [0.4, 0.5) is 0 Å². The minimum atomic E-state index is -1.24. The fourth-order valence-corrected chi connectivity index (χ4v) is 1.54. The molecule has 0 spiro atoms. The fraction of sp³-hybridized carbons (Fsp3) is 0.750. The lowest BCUT2D eigenvalue weighted by Gasteiger charge is -2.27. The van der Waals surface area contributed by atoms with Gasteiger partial charge in [0.1, 0.15) is 0 Å². The van der Waals surface area contributed by atoms with Gasteiger partial charge in [-0.25, -0.2) is 0 Å². The Hall–Kier alpha value is -0.315. The molecule has 0 aromatic carbocycles. The molecule has 2 N–H and O–H groups in total. The first-order valence-electron chi connectivity index (χ1n) is 4.32. The zero-order valence-electron chi connectivity index (χ0n) is 7.70. The number of nitrogens with zero attached hydrogens (tertiary/aromatic N) is 1. The quantitative estimate of drug-likeness (QED) is 0.573. The molecule has 0 amide bonds. The molecule has 1 rings (SSSR count). The van der Waals surface area contributed by atoms with Crippen molar-refractivity contribution in [3.05, 3.63) is 11.5 Å². The molecule has 0 heterocycles. The average Bonchev–Trinajstić information content (AvgIpc) is 2.04. The third-order valence-electron chi connectivity index (χ3n) is 2.48. The third kappa shape index (κ3) is 2.34. The lowest BCUT2D eigenvalue weighted by molar-refractivity contribution is 0.272. The van der Waals surface area contributed by atoms with E-state index in [4.69, 9.17) is 10.0 Å². The van der Waals surface area contributed by atoms with Gasteiger partial charge in [0.15, 0.2) is 0 Å². The fourth-order valence-electron chi connectivity index (χ4n) is 1.54. The van der Waals surface area contributed by atoms with Gasteiger partial charge in [0.25, 0.3) is 0 Å². The highest BCUT2D eigenvalue weighted by molar-refractivity contribution is 6.50. The molecule has 1 atom stereocenters. The number of allylic oxidation sites excluding steroid dienone is 1. The monoisotopic (exact) mass is 169 g/mol. The van der Waals surface area contributed by atoms with E-state index in [9.17, 15) is 0 Å². The van der Waals surface area contributed by atoms with Gasteiger partial charge in [0.2, 0.25) is 0 Å². The summed E-state index contributed by atoms with van der Waals surface area (Å²) >= 11 is 0. The Kier molecular flexibility index (Phi) is 3.32. The molecule has 0 aromatic heterocycles. The van der Waals surface area contributed by atoms with Crippen LogP contribution in [-0.2, 0) is 0 Å². The van der Waals surface area contributed by atoms with Gasteiger partial charge in [0.05, 0.1) is 0 Å². The Morgan fingerprint density at radius 3 is 2.50 bits per heavy atom. The van der Waals surface area contributed by atoms with Gasteiger partial charge in [-0.15, -0.1) is 0 Å². The summed E-state index contributed by atoms with van der Waals surface area (Å²) in [6.07, 6.45) is 4.70. The number of rotatable bonds is 2. The summed E-state index contributed by atoms with van der Waals surface area (Å²) in [5.41, 5.74) is 0.771. The molecule has 0 saturated heterocycles. The summed E-state index contributed by atoms with van der Waals surface area (Å²) in [5.74, 6) is 0. The molecule has 4 heteroatoms. The zero-order valence-corrected chi connectivity index (χ0v) is 7.70. The van der Waals surface area contributed by atoms with E-state index in [2.05, 4.69) is 19.0 Å². The van der Waals surface area contributed by atoms with Gasteiger partial charge in [-0.3, -0.25) is 0 Å². The van der Waals surface area contributed by atoms with Gasteiger partial charge < -0.3 is 14.9 Å². The van der Waals surface area contributed by atoms with E-state index in [-0.39, 0.29) is 0 Å². The lowest BCUT2D eigenvalue weighted by Crippen LogP contribution is -2.31. The first kappa shape index (κ1) is 9.77. The van der Waals surface area contributed by atoms with Crippen molar-refractivity contribution in [2.75, 3.05) is 14.1 Å². The molecule has 3 nitrogen and oxygen atoms in total. The van der Waals surface area contributed by atoms with Gasteiger partial charge >= 0.3 is 7.12 Å². The first-order valence-corrected chi connectivity index (χ1v) is 4.32. The molecule has 1 aliphatic carbocycles. The van der Waals surface area contributed by atoms with Gasteiger partial charge in [-0.05, 0) is 38.8 Å². The molecule has 0 aromatic rings. The van der Waals surface area contributed by atoms with Crippen molar-refractivity contribution in [1.29, 1.82) is 0 Å². The van der Waals surface area contributed by atoms with Crippen LogP contribution in [0.2, 0.25) is 0 Å². The van der Waals surface area contributed by atoms with Crippen molar-refractivity contribution in [3.8, 4) is 0 Å². The summed E-state index contributed by atoms with van der Waals surface area (Å²) < 4.78 is 0. The molecule has 0 fully saturated rings. The van der Waals surface area contributed by atoms with Crippen LogP contribution in [0.15, 0.2) is 11.5 Å². The van der Waals surface area contributed by atoms with Crippen LogP contribution in [0.5, 0.6) is 0 Å². The second kappa shape index (κ2) is 4.07. The van der Waals surface area contributed by atoms with Crippen molar-refractivity contribution in [2.24, 2.45) is 0 Å². The van der Waals surface area contributed by atoms with Crippen molar-refractivity contribution in [3.63, 3.8) is 0 Å². The maximum atomic E-state index is 8.88. The summed E-state index contributed by atoms with van der Waals surface area (Å²) in [4.78, 5) is 2.18. The van der Waals surface area contributed by atoms with Crippen LogP contribution < -0.4 is 0 Å². The molecule has 68 valence electrons. The van der Waals surface area contributed by atoms with Crippen molar-refractivity contribution < 1.29 is 10.0 Å². The number of hydrogen-bond acceptors (Lipinski definition) is 3. The summed E-state index contributed by atoms with van der Waals surface area (Å²) in [6.45, 7) is 0. The summed E-state index contributed by atoms with van der Waals surface area (Å²) in [5, 5.41) is 17.8. The van der Waals surface area contributed by atoms with Crippen LogP contribution in [0.3, 0.4) is 0 Å². The molecular formula is C8H16BNO2. The SMILES string of the molecule is CN(C)C1CC=C(B(O)O)CC1. The smallest absolute Gasteiger partial charge is 0.423 e. The lowest BCUT2D eigenvalue weighted by atomic mass is 9.72. The highest BCUT2D eigenvalue weighted by atomic mass is 16.4. The van der Waals surface area contributed by atoms with E-state index in [1.54, 1.807) is 0 Å². The maximum Gasteiger partial charge on any atom is 0.483 e. The molecular weight excluding hydrogens is 153 g/mol. The first-order chi connectivity index (χ1) is 5.61. The van der Waals surface area contributed by atoms with E-state index in [0.29, 0.717) is 6.04 Å². The van der Waals surface area contributed by atoms with Crippen LogP contribution >= 0.6 is 0 Å². The Labute approximate surface area is 73.8 Å². The molecule has 0 radical (unpaired) electrons. The molecule has 0 aliphatic heterocycles. The van der Waals surface area contributed by atoms with E-state index < -0.39 is 7.12 Å². The minimum absolute atomic E-state index is 0.562. The van der Waals surface area contributed by atoms with Crippen molar-refractivity contribution in [1.82, 2.24) is 4.90 Å². The Bertz CT molecular complexity index is 180. The minimum Gasteiger partial charge on any atom is -0.423 e. The predicted molar refractivity (Wildman–Crippen MR) is 49.6 cm³/mol. The summed E-state index contributed by atoms with van der Waals surface area (Å²) in [7, 11) is 2.87. The van der Waals surface area contributed by atoms with E-state index in [1.807, 2.05) is 6.08 Å². The predicted octanol–water partition coefficient (Wildman–Crippen LogP) is 0.0389. The Balaban J connectivity index is 2.47. The van der Waals surface area contributed by atoms with Crippen molar-refractivity contribution >= 4 is 7.12 Å². The standard InChI is InChI=1S/C8H16BNO2/c1-10(2)8-5-3-7(4-6-8)9(11)12/h3,8,11-12H,4-6H2,1-2H3. The normalized spacial score (nSPS) is 24.1. The molecule has 1 unspecified atom stereocenters.